The molecule has 1 heterocycles. The molecule has 2 aromatic carbocycles. The average molecular weight is 407 g/mol. The molecule has 4 nitrogen and oxygen atoms in total. The Kier molecular flexibility index (Phi) is 9.15. The van der Waals surface area contributed by atoms with E-state index < -0.39 is 6.04 Å². The first-order valence-electron chi connectivity index (χ1n) is 9.07. The van der Waals surface area contributed by atoms with Crippen LogP contribution in [0, 0.1) is 5.92 Å². The van der Waals surface area contributed by atoms with Gasteiger partial charge in [-0.3, -0.25) is 4.79 Å². The molecule has 0 aliphatic carbocycles. The number of amides is 1. The van der Waals surface area contributed by atoms with Crippen LogP contribution in [0.1, 0.15) is 24.0 Å². The van der Waals surface area contributed by atoms with E-state index >= 15 is 0 Å². The van der Waals surface area contributed by atoms with Gasteiger partial charge in [-0.25, -0.2) is 0 Å². The van der Waals surface area contributed by atoms with Gasteiger partial charge in [-0.1, -0.05) is 42.5 Å². The summed E-state index contributed by atoms with van der Waals surface area (Å²) in [7, 11) is 0. The molecule has 3 N–H and O–H groups in total. The second-order valence-electron chi connectivity index (χ2n) is 6.64. The number of ether oxygens (including phenoxy) is 1. The molecule has 1 aliphatic rings. The van der Waals surface area contributed by atoms with Crippen LogP contribution in [0.3, 0.4) is 0 Å². The number of nitrogens with two attached hydrogens (primary N) is 1. The zero-order chi connectivity index (χ0) is 18.2. The van der Waals surface area contributed by atoms with E-state index in [2.05, 4.69) is 35.6 Å². The van der Waals surface area contributed by atoms with Crippen molar-refractivity contribution in [3.8, 4) is 0 Å². The van der Waals surface area contributed by atoms with E-state index in [9.17, 15) is 4.79 Å². The van der Waals surface area contributed by atoms with Crippen LogP contribution in [-0.4, -0.2) is 25.2 Å². The van der Waals surface area contributed by atoms with E-state index in [-0.39, 0.29) is 24.2 Å². The highest BCUT2D eigenvalue weighted by Gasteiger charge is 2.26. The van der Waals surface area contributed by atoms with Gasteiger partial charge in [0.1, 0.15) is 0 Å². The molecule has 0 saturated carbocycles. The predicted molar refractivity (Wildman–Crippen MR) is 115 cm³/mol. The molecule has 1 saturated heterocycles. The highest BCUT2D eigenvalue weighted by atomic mass is 35.5. The fraction of sp³-hybridized carbons (Fsp3) is 0.381. The Morgan fingerprint density at radius 3 is 2.48 bits per heavy atom. The van der Waals surface area contributed by atoms with Crippen molar-refractivity contribution in [1.29, 1.82) is 0 Å². The molecule has 1 fully saturated rings. The Morgan fingerprint density at radius 1 is 1.07 bits per heavy atom. The Balaban J connectivity index is 0.00000261. The molecule has 0 aromatic heterocycles. The summed E-state index contributed by atoms with van der Waals surface area (Å²) in [4.78, 5) is 12.4. The standard InChI is InChI=1S/C21H26N2O2S.ClH/c22-20(18-9-11-25-12-10-18)21(24)23-19-8-4-7-17(13-19)15-26-14-16-5-2-1-3-6-16;/h1-8,13,18,20H,9-12,14-15,22H2,(H,23,24);1H. The van der Waals surface area contributed by atoms with Crippen LogP contribution >= 0.6 is 24.2 Å². The molecule has 1 unspecified atom stereocenters. The summed E-state index contributed by atoms with van der Waals surface area (Å²) in [6.45, 7) is 1.39. The second kappa shape index (κ2) is 11.3. The zero-order valence-corrected chi connectivity index (χ0v) is 16.9. The van der Waals surface area contributed by atoms with Crippen LogP contribution < -0.4 is 11.1 Å². The molecule has 1 atom stereocenters. The van der Waals surface area contributed by atoms with E-state index in [1.165, 1.54) is 11.1 Å². The lowest BCUT2D eigenvalue weighted by molar-refractivity contribution is -0.119. The Morgan fingerprint density at radius 2 is 1.74 bits per heavy atom. The number of benzene rings is 2. The quantitative estimate of drug-likeness (QED) is 0.722. The van der Waals surface area contributed by atoms with Crippen LogP contribution in [0.25, 0.3) is 0 Å². The van der Waals surface area contributed by atoms with Gasteiger partial charge in [0, 0.05) is 30.4 Å². The monoisotopic (exact) mass is 406 g/mol. The normalized spacial score (nSPS) is 15.6. The third kappa shape index (κ3) is 6.85. The Hall–Kier alpha value is -1.53. The smallest absolute Gasteiger partial charge is 0.241 e. The first-order chi connectivity index (χ1) is 12.7. The van der Waals surface area contributed by atoms with Crippen LogP contribution in [0.15, 0.2) is 54.6 Å². The van der Waals surface area contributed by atoms with E-state index in [1.807, 2.05) is 36.0 Å². The van der Waals surface area contributed by atoms with Crippen LogP contribution in [-0.2, 0) is 21.0 Å². The molecule has 0 bridgehead atoms. The number of anilines is 1. The number of rotatable bonds is 7. The minimum Gasteiger partial charge on any atom is -0.381 e. The maximum atomic E-state index is 12.4. The van der Waals surface area contributed by atoms with Crippen molar-refractivity contribution < 1.29 is 9.53 Å². The van der Waals surface area contributed by atoms with Gasteiger partial charge in [0.05, 0.1) is 6.04 Å². The third-order valence-electron chi connectivity index (χ3n) is 4.65. The van der Waals surface area contributed by atoms with E-state index in [4.69, 9.17) is 10.5 Å². The number of hydrogen-bond donors (Lipinski definition) is 2. The van der Waals surface area contributed by atoms with Gasteiger partial charge in [0.25, 0.3) is 0 Å². The minimum absolute atomic E-state index is 0. The molecule has 0 spiro atoms. The Labute approximate surface area is 171 Å². The summed E-state index contributed by atoms with van der Waals surface area (Å²) >= 11 is 1.86. The molecule has 3 rings (SSSR count). The van der Waals surface area contributed by atoms with Gasteiger partial charge >= 0.3 is 0 Å². The lowest BCUT2D eigenvalue weighted by Crippen LogP contribution is -2.44. The van der Waals surface area contributed by atoms with Crippen molar-refractivity contribution in [3.05, 3.63) is 65.7 Å². The molecule has 1 amide bonds. The number of carbonyl (C=O) groups excluding carboxylic acids is 1. The number of thioether (sulfide) groups is 1. The number of carbonyl (C=O) groups is 1. The molecular formula is C21H27ClN2O2S. The fourth-order valence-corrected chi connectivity index (χ4v) is 4.06. The van der Waals surface area contributed by atoms with Crippen molar-refractivity contribution >= 4 is 35.8 Å². The summed E-state index contributed by atoms with van der Waals surface area (Å²) in [6, 6.07) is 18.0. The summed E-state index contributed by atoms with van der Waals surface area (Å²) < 4.78 is 5.34. The first-order valence-corrected chi connectivity index (χ1v) is 10.2. The molecule has 6 heteroatoms. The summed E-state index contributed by atoms with van der Waals surface area (Å²) in [5, 5.41) is 2.97. The van der Waals surface area contributed by atoms with Crippen LogP contribution in [0.5, 0.6) is 0 Å². The van der Waals surface area contributed by atoms with Gasteiger partial charge in [-0.2, -0.15) is 11.8 Å². The third-order valence-corrected chi connectivity index (χ3v) is 5.73. The largest absolute Gasteiger partial charge is 0.381 e. The number of nitrogens with one attached hydrogen (secondary N) is 1. The number of halogens is 1. The van der Waals surface area contributed by atoms with E-state index in [1.54, 1.807) is 0 Å². The molecule has 27 heavy (non-hydrogen) atoms. The van der Waals surface area contributed by atoms with E-state index in [0.29, 0.717) is 13.2 Å². The highest BCUT2D eigenvalue weighted by molar-refractivity contribution is 7.97. The summed E-state index contributed by atoms with van der Waals surface area (Å²) in [5.41, 5.74) is 9.49. The molecular weight excluding hydrogens is 380 g/mol. The van der Waals surface area contributed by atoms with Gasteiger partial charge in [0.2, 0.25) is 5.91 Å². The van der Waals surface area contributed by atoms with Gasteiger partial charge in [-0.05, 0) is 42.0 Å². The van der Waals surface area contributed by atoms with E-state index in [0.717, 1.165) is 30.0 Å². The SMILES string of the molecule is Cl.NC(C(=O)Nc1cccc(CSCc2ccccc2)c1)C1CCOCC1. The highest BCUT2D eigenvalue weighted by Crippen LogP contribution is 2.22. The zero-order valence-electron chi connectivity index (χ0n) is 15.3. The Bertz CT molecular complexity index is 708. The summed E-state index contributed by atoms with van der Waals surface area (Å²) in [5.74, 6) is 1.98. The maximum Gasteiger partial charge on any atom is 0.241 e. The maximum absolute atomic E-state index is 12.4. The van der Waals surface area contributed by atoms with Crippen molar-refractivity contribution in [1.82, 2.24) is 0 Å². The summed E-state index contributed by atoms with van der Waals surface area (Å²) in [6.07, 6.45) is 1.70. The molecule has 0 radical (unpaired) electrons. The molecule has 146 valence electrons. The molecule has 2 aromatic rings. The van der Waals surface area contributed by atoms with Crippen LogP contribution in [0.4, 0.5) is 5.69 Å². The number of hydrogen-bond acceptors (Lipinski definition) is 4. The fourth-order valence-electron chi connectivity index (χ4n) is 3.11. The second-order valence-corrected chi connectivity index (χ2v) is 7.63. The lowest BCUT2D eigenvalue weighted by atomic mass is 9.92. The minimum atomic E-state index is -0.477. The van der Waals surface area contributed by atoms with Crippen LogP contribution in [0.2, 0.25) is 0 Å². The van der Waals surface area contributed by atoms with Gasteiger partial charge < -0.3 is 15.8 Å². The first kappa shape index (κ1) is 21.8. The van der Waals surface area contributed by atoms with Crippen molar-refractivity contribution in [2.24, 2.45) is 11.7 Å². The van der Waals surface area contributed by atoms with Gasteiger partial charge in [-0.15, -0.1) is 12.4 Å². The lowest BCUT2D eigenvalue weighted by Gasteiger charge is -2.26. The topological polar surface area (TPSA) is 64.4 Å². The predicted octanol–water partition coefficient (Wildman–Crippen LogP) is 4.23. The van der Waals surface area contributed by atoms with Crippen molar-refractivity contribution in [3.63, 3.8) is 0 Å². The van der Waals surface area contributed by atoms with Gasteiger partial charge in [0.15, 0.2) is 0 Å². The molecule has 1 aliphatic heterocycles. The van der Waals surface area contributed by atoms with Crippen molar-refractivity contribution in [2.75, 3.05) is 18.5 Å². The van der Waals surface area contributed by atoms with Crippen molar-refractivity contribution in [2.45, 2.75) is 30.4 Å². The average Bonchev–Trinajstić information content (AvgIpc) is 2.69.